The largest absolute Gasteiger partial charge is 0.494 e. The minimum Gasteiger partial charge on any atom is -0.494 e. The van der Waals surface area contributed by atoms with Crippen molar-refractivity contribution in [1.29, 1.82) is 0 Å². The number of hydrogen-bond acceptors (Lipinski definition) is 5. The Morgan fingerprint density at radius 3 is 2.90 bits per heavy atom. The van der Waals surface area contributed by atoms with Gasteiger partial charge in [0.25, 0.3) is 0 Å². The number of halogens is 1. The van der Waals surface area contributed by atoms with Gasteiger partial charge in [-0.05, 0) is 44.4 Å². The van der Waals surface area contributed by atoms with Crippen LogP contribution < -0.4 is 4.74 Å². The second kappa shape index (κ2) is 9.63. The number of thioether (sulfide) groups is 1. The summed E-state index contributed by atoms with van der Waals surface area (Å²) >= 11 is 1.43. The van der Waals surface area contributed by atoms with Crippen molar-refractivity contribution in [2.75, 3.05) is 26.5 Å². The van der Waals surface area contributed by atoms with Crippen LogP contribution >= 0.6 is 11.8 Å². The number of aromatic nitrogens is 2. The zero-order valence-corrected chi connectivity index (χ0v) is 18.2. The van der Waals surface area contributed by atoms with Crippen LogP contribution in [-0.2, 0) is 22.6 Å². The van der Waals surface area contributed by atoms with Crippen LogP contribution in [-0.4, -0.2) is 53.0 Å². The Bertz CT molecular complexity index is 865. The summed E-state index contributed by atoms with van der Waals surface area (Å²) in [5.41, 5.74) is 2.80. The summed E-state index contributed by atoms with van der Waals surface area (Å²) in [6.45, 7) is 5.95. The van der Waals surface area contributed by atoms with Crippen LogP contribution in [0.25, 0.3) is 0 Å². The van der Waals surface area contributed by atoms with Crippen LogP contribution in [0.4, 0.5) is 4.39 Å². The molecule has 1 atom stereocenters. The molecule has 0 radical (unpaired) electrons. The monoisotopic (exact) mass is 421 g/mol. The van der Waals surface area contributed by atoms with Gasteiger partial charge in [-0.3, -0.25) is 4.79 Å². The highest BCUT2D eigenvalue weighted by atomic mass is 32.2. The second-order valence-corrected chi connectivity index (χ2v) is 8.26. The van der Waals surface area contributed by atoms with Crippen molar-refractivity contribution in [3.8, 4) is 5.75 Å². The average molecular weight is 422 g/mol. The normalized spacial score (nSPS) is 16.2. The van der Waals surface area contributed by atoms with Gasteiger partial charge in [-0.1, -0.05) is 17.8 Å². The van der Waals surface area contributed by atoms with Gasteiger partial charge in [-0.2, -0.15) is 0 Å². The third kappa shape index (κ3) is 5.30. The van der Waals surface area contributed by atoms with Gasteiger partial charge < -0.3 is 18.9 Å². The summed E-state index contributed by atoms with van der Waals surface area (Å²) in [5, 5.41) is 0.841. The summed E-state index contributed by atoms with van der Waals surface area (Å²) in [5.74, 6) is 0.00828. The molecule has 0 spiro atoms. The van der Waals surface area contributed by atoms with Gasteiger partial charge >= 0.3 is 0 Å². The molecule has 8 heteroatoms. The molecule has 0 bridgehead atoms. The maximum Gasteiger partial charge on any atom is 0.233 e. The van der Waals surface area contributed by atoms with E-state index in [0.717, 1.165) is 48.1 Å². The summed E-state index contributed by atoms with van der Waals surface area (Å²) in [6.07, 6.45) is 2.36. The van der Waals surface area contributed by atoms with Crippen LogP contribution in [0, 0.1) is 19.7 Å². The topological polar surface area (TPSA) is 56.6 Å². The summed E-state index contributed by atoms with van der Waals surface area (Å²) in [7, 11) is 3.15. The molecule has 1 aliphatic rings. The lowest BCUT2D eigenvalue weighted by Crippen LogP contribution is -2.28. The standard InChI is InChI=1S/C21H28FN3O3S/c1-14-15(2)25(12-17-6-5-9-28-17)21(23-14)29-13-20(26)24(3)11-16-7-8-19(27-4)18(22)10-16/h7-8,10,17H,5-6,9,11-13H2,1-4H3. The second-order valence-electron chi connectivity index (χ2n) is 7.32. The zero-order valence-electron chi connectivity index (χ0n) is 17.4. The first-order chi connectivity index (χ1) is 13.9. The fourth-order valence-electron chi connectivity index (χ4n) is 3.35. The van der Waals surface area contributed by atoms with E-state index >= 15 is 0 Å². The van der Waals surface area contributed by atoms with Crippen LogP contribution in [0.2, 0.25) is 0 Å². The van der Waals surface area contributed by atoms with Gasteiger partial charge in [-0.15, -0.1) is 0 Å². The van der Waals surface area contributed by atoms with E-state index in [1.54, 1.807) is 24.1 Å². The first-order valence-electron chi connectivity index (χ1n) is 9.73. The average Bonchev–Trinajstić information content (AvgIpc) is 3.30. The third-order valence-corrected chi connectivity index (χ3v) is 6.18. The Hall–Kier alpha value is -2.06. The van der Waals surface area contributed by atoms with E-state index in [4.69, 9.17) is 9.47 Å². The van der Waals surface area contributed by atoms with E-state index in [1.165, 1.54) is 24.9 Å². The molecule has 2 heterocycles. The van der Waals surface area contributed by atoms with Crippen molar-refractivity contribution in [3.05, 3.63) is 41.0 Å². The summed E-state index contributed by atoms with van der Waals surface area (Å²) in [6, 6.07) is 4.74. The number of aryl methyl sites for hydroxylation is 1. The Labute approximate surface area is 175 Å². The zero-order chi connectivity index (χ0) is 21.0. The van der Waals surface area contributed by atoms with Crippen LogP contribution in [0.3, 0.4) is 0 Å². The lowest BCUT2D eigenvalue weighted by Gasteiger charge is -2.18. The minimum absolute atomic E-state index is 0.0341. The molecule has 1 aliphatic heterocycles. The number of imidazole rings is 1. The lowest BCUT2D eigenvalue weighted by atomic mass is 10.2. The Morgan fingerprint density at radius 2 is 2.24 bits per heavy atom. The highest BCUT2D eigenvalue weighted by Crippen LogP contribution is 2.25. The van der Waals surface area contributed by atoms with Gasteiger partial charge in [0, 0.05) is 25.9 Å². The molecule has 29 heavy (non-hydrogen) atoms. The number of rotatable bonds is 8. The SMILES string of the molecule is COc1ccc(CN(C)C(=O)CSc2nc(C)c(C)n2CC2CCCO2)cc1F. The molecule has 0 saturated carbocycles. The fourth-order valence-corrected chi connectivity index (χ4v) is 4.39. The smallest absolute Gasteiger partial charge is 0.233 e. The molecule has 3 rings (SSSR count). The van der Waals surface area contributed by atoms with Gasteiger partial charge in [0.15, 0.2) is 16.7 Å². The van der Waals surface area contributed by atoms with Crippen molar-refractivity contribution in [3.63, 3.8) is 0 Å². The summed E-state index contributed by atoms with van der Waals surface area (Å²) in [4.78, 5) is 18.8. The molecular weight excluding hydrogens is 393 g/mol. The van der Waals surface area contributed by atoms with E-state index < -0.39 is 5.82 Å². The number of hydrogen-bond donors (Lipinski definition) is 0. The van der Waals surface area contributed by atoms with E-state index in [9.17, 15) is 9.18 Å². The molecule has 1 amide bonds. The van der Waals surface area contributed by atoms with E-state index in [0.29, 0.717) is 6.54 Å². The summed E-state index contributed by atoms with van der Waals surface area (Å²) < 4.78 is 26.7. The molecule has 1 aromatic carbocycles. The number of ether oxygens (including phenoxy) is 2. The third-order valence-electron chi connectivity index (χ3n) is 5.22. The first-order valence-corrected chi connectivity index (χ1v) is 10.7. The van der Waals surface area contributed by atoms with E-state index in [-0.39, 0.29) is 23.5 Å². The highest BCUT2D eigenvalue weighted by molar-refractivity contribution is 7.99. The number of amides is 1. The number of carbonyl (C=O) groups excluding carboxylic acids is 1. The molecular formula is C21H28FN3O3S. The molecule has 1 unspecified atom stereocenters. The minimum atomic E-state index is -0.428. The fraction of sp³-hybridized carbons (Fsp3) is 0.524. The molecule has 0 aliphatic carbocycles. The van der Waals surface area contributed by atoms with Gasteiger partial charge in [0.05, 0.1) is 31.2 Å². The number of methoxy groups -OCH3 is 1. The lowest BCUT2D eigenvalue weighted by molar-refractivity contribution is -0.127. The van der Waals surface area contributed by atoms with Gasteiger partial charge in [0.1, 0.15) is 0 Å². The predicted molar refractivity (Wildman–Crippen MR) is 111 cm³/mol. The molecule has 1 fully saturated rings. The first kappa shape index (κ1) is 21.6. The van der Waals surface area contributed by atoms with Crippen molar-refractivity contribution in [2.24, 2.45) is 0 Å². The number of nitrogens with zero attached hydrogens (tertiary/aromatic N) is 3. The molecule has 1 aromatic heterocycles. The van der Waals surface area contributed by atoms with Crippen LogP contribution in [0.5, 0.6) is 5.75 Å². The van der Waals surface area contributed by atoms with Crippen LogP contribution in [0.15, 0.2) is 23.4 Å². The quantitative estimate of drug-likeness (QED) is 0.610. The van der Waals surface area contributed by atoms with E-state index in [1.807, 2.05) is 13.8 Å². The number of benzene rings is 1. The molecule has 0 N–H and O–H groups in total. The Morgan fingerprint density at radius 1 is 1.45 bits per heavy atom. The van der Waals surface area contributed by atoms with Crippen molar-refractivity contribution >= 4 is 17.7 Å². The molecule has 2 aromatic rings. The Kier molecular flexibility index (Phi) is 7.18. The van der Waals surface area contributed by atoms with E-state index in [2.05, 4.69) is 9.55 Å². The maximum absolute atomic E-state index is 13.9. The van der Waals surface area contributed by atoms with Gasteiger partial charge in [-0.25, -0.2) is 9.37 Å². The molecule has 1 saturated heterocycles. The van der Waals surface area contributed by atoms with Crippen molar-refractivity contribution in [2.45, 2.75) is 51.0 Å². The predicted octanol–water partition coefficient (Wildman–Crippen LogP) is 3.58. The van der Waals surface area contributed by atoms with Crippen molar-refractivity contribution in [1.82, 2.24) is 14.5 Å². The highest BCUT2D eigenvalue weighted by Gasteiger charge is 2.21. The molecule has 6 nitrogen and oxygen atoms in total. The maximum atomic E-state index is 13.9. The van der Waals surface area contributed by atoms with Crippen molar-refractivity contribution < 1.29 is 18.7 Å². The van der Waals surface area contributed by atoms with Crippen LogP contribution in [0.1, 0.15) is 29.8 Å². The Balaban J connectivity index is 1.59. The van der Waals surface area contributed by atoms with Gasteiger partial charge in [0.2, 0.25) is 5.91 Å². The molecule has 158 valence electrons. The number of carbonyl (C=O) groups is 1.